The molecular weight excluding hydrogens is 246 g/mol. The lowest BCUT2D eigenvalue weighted by atomic mass is 9.99. The lowest BCUT2D eigenvalue weighted by molar-refractivity contribution is 0.775. The summed E-state index contributed by atoms with van der Waals surface area (Å²) in [5.74, 6) is 0.543. The Kier molecular flexibility index (Phi) is 3.30. The Morgan fingerprint density at radius 2 is 1.95 bits per heavy atom. The van der Waals surface area contributed by atoms with Gasteiger partial charge in [0.2, 0.25) is 0 Å². The zero-order valence-corrected chi connectivity index (χ0v) is 11.3. The Hall–Kier alpha value is -2.47. The molecule has 1 heterocycles. The fraction of sp³-hybridized carbons (Fsp3) is 0.235. The number of rotatable bonds is 2. The molecule has 1 atom stereocenters. The monoisotopic (exact) mass is 263 g/mol. The number of nitrogen functional groups attached to an aromatic ring is 1. The Labute approximate surface area is 119 Å². The van der Waals surface area contributed by atoms with Crippen LogP contribution in [0, 0.1) is 11.3 Å². The van der Waals surface area contributed by atoms with Crippen LogP contribution in [0.5, 0.6) is 0 Å². The lowest BCUT2D eigenvalue weighted by Gasteiger charge is -2.21. The minimum absolute atomic E-state index is 0.543. The van der Waals surface area contributed by atoms with Crippen LogP contribution in [0.3, 0.4) is 0 Å². The maximum atomic E-state index is 9.02. The molecule has 1 unspecified atom stereocenters. The van der Waals surface area contributed by atoms with Gasteiger partial charge in [-0.3, -0.25) is 0 Å². The number of nitrogens with two attached hydrogens (primary N) is 1. The Balaban J connectivity index is 1.83. The summed E-state index contributed by atoms with van der Waals surface area (Å²) in [6, 6.07) is 18.2. The Morgan fingerprint density at radius 1 is 1.15 bits per heavy atom. The fourth-order valence-corrected chi connectivity index (χ4v) is 2.86. The van der Waals surface area contributed by atoms with E-state index in [1.165, 1.54) is 5.56 Å². The van der Waals surface area contributed by atoms with Crippen LogP contribution in [0.4, 0.5) is 11.4 Å². The molecule has 100 valence electrons. The molecule has 1 saturated heterocycles. The van der Waals surface area contributed by atoms with Crippen LogP contribution in [0.25, 0.3) is 0 Å². The van der Waals surface area contributed by atoms with Gasteiger partial charge in [0.15, 0.2) is 0 Å². The molecule has 1 aliphatic rings. The molecule has 0 aliphatic carbocycles. The molecule has 2 N–H and O–H groups in total. The molecule has 2 aromatic carbocycles. The van der Waals surface area contributed by atoms with Gasteiger partial charge in [0, 0.05) is 19.0 Å². The van der Waals surface area contributed by atoms with Crippen molar-refractivity contribution in [1.82, 2.24) is 0 Å². The van der Waals surface area contributed by atoms with Crippen molar-refractivity contribution in [1.29, 1.82) is 5.26 Å². The Morgan fingerprint density at radius 3 is 2.70 bits per heavy atom. The summed E-state index contributed by atoms with van der Waals surface area (Å²) in [6.45, 7) is 1.95. The van der Waals surface area contributed by atoms with Crippen molar-refractivity contribution in [3.63, 3.8) is 0 Å². The van der Waals surface area contributed by atoms with Gasteiger partial charge in [0.1, 0.15) is 0 Å². The first-order valence-corrected chi connectivity index (χ1v) is 6.87. The van der Waals surface area contributed by atoms with E-state index in [-0.39, 0.29) is 0 Å². The molecule has 20 heavy (non-hydrogen) atoms. The van der Waals surface area contributed by atoms with Gasteiger partial charge in [-0.05, 0) is 30.2 Å². The smallest absolute Gasteiger partial charge is 0.0992 e. The highest BCUT2D eigenvalue weighted by Crippen LogP contribution is 2.33. The molecule has 0 amide bonds. The summed E-state index contributed by atoms with van der Waals surface area (Å²) in [4.78, 5) is 2.29. The number of nitrogens with zero attached hydrogens (tertiary/aromatic N) is 2. The highest BCUT2D eigenvalue weighted by Gasteiger charge is 2.25. The van der Waals surface area contributed by atoms with Crippen LogP contribution in [-0.2, 0) is 0 Å². The molecule has 0 saturated carbocycles. The second kappa shape index (κ2) is 5.26. The summed E-state index contributed by atoms with van der Waals surface area (Å²) < 4.78 is 0. The minimum Gasteiger partial charge on any atom is -0.397 e. The number of benzene rings is 2. The molecule has 3 rings (SSSR count). The predicted octanol–water partition coefficient (Wildman–Crippen LogP) is 3.13. The molecular formula is C17H17N3. The van der Waals surface area contributed by atoms with Gasteiger partial charge in [-0.1, -0.05) is 30.3 Å². The van der Waals surface area contributed by atoms with Gasteiger partial charge in [-0.2, -0.15) is 5.26 Å². The standard InChI is InChI=1S/C17H17N3/c18-11-13-6-7-16(19)17(10-13)20-9-8-15(12-20)14-4-2-1-3-5-14/h1-7,10,15H,8-9,12,19H2. The second-order valence-corrected chi connectivity index (χ2v) is 5.23. The molecule has 3 heteroatoms. The molecule has 0 spiro atoms. The zero-order valence-electron chi connectivity index (χ0n) is 11.3. The van der Waals surface area contributed by atoms with E-state index in [0.717, 1.165) is 30.9 Å². The molecule has 0 radical (unpaired) electrons. The first-order chi connectivity index (χ1) is 9.78. The van der Waals surface area contributed by atoms with Crippen LogP contribution < -0.4 is 10.6 Å². The lowest BCUT2D eigenvalue weighted by Crippen LogP contribution is -2.20. The third-order valence-corrected chi connectivity index (χ3v) is 3.96. The van der Waals surface area contributed by atoms with Crippen molar-refractivity contribution in [3.05, 3.63) is 59.7 Å². The largest absolute Gasteiger partial charge is 0.397 e. The molecule has 1 aliphatic heterocycles. The second-order valence-electron chi connectivity index (χ2n) is 5.23. The number of hydrogen-bond donors (Lipinski definition) is 1. The van der Waals surface area contributed by atoms with Crippen LogP contribution in [0.1, 0.15) is 23.5 Å². The number of anilines is 2. The summed E-state index contributed by atoms with van der Waals surface area (Å²) >= 11 is 0. The van der Waals surface area contributed by atoms with Gasteiger partial charge in [0.05, 0.1) is 23.0 Å². The topological polar surface area (TPSA) is 53.1 Å². The highest BCUT2D eigenvalue weighted by molar-refractivity contribution is 5.70. The van der Waals surface area contributed by atoms with E-state index in [0.29, 0.717) is 11.5 Å². The van der Waals surface area contributed by atoms with Crippen molar-refractivity contribution in [2.45, 2.75) is 12.3 Å². The van der Waals surface area contributed by atoms with Gasteiger partial charge in [0.25, 0.3) is 0 Å². The zero-order chi connectivity index (χ0) is 13.9. The highest BCUT2D eigenvalue weighted by atomic mass is 15.2. The van der Waals surface area contributed by atoms with Crippen molar-refractivity contribution in [2.24, 2.45) is 0 Å². The third-order valence-electron chi connectivity index (χ3n) is 3.96. The maximum Gasteiger partial charge on any atom is 0.0992 e. The first-order valence-electron chi connectivity index (χ1n) is 6.87. The van der Waals surface area contributed by atoms with Crippen molar-refractivity contribution in [2.75, 3.05) is 23.7 Å². The molecule has 2 aromatic rings. The van der Waals surface area contributed by atoms with Gasteiger partial charge in [-0.15, -0.1) is 0 Å². The summed E-state index contributed by atoms with van der Waals surface area (Å²) in [5.41, 5.74) is 9.84. The van der Waals surface area contributed by atoms with Crippen LogP contribution in [-0.4, -0.2) is 13.1 Å². The van der Waals surface area contributed by atoms with Crippen molar-refractivity contribution in [3.8, 4) is 6.07 Å². The normalized spacial score (nSPS) is 17.9. The van der Waals surface area contributed by atoms with E-state index in [2.05, 4.69) is 35.2 Å². The van der Waals surface area contributed by atoms with E-state index in [1.807, 2.05) is 18.2 Å². The predicted molar refractivity (Wildman–Crippen MR) is 81.6 cm³/mol. The SMILES string of the molecule is N#Cc1ccc(N)c(N2CCC(c3ccccc3)C2)c1. The first kappa shape index (κ1) is 12.6. The molecule has 3 nitrogen and oxygen atoms in total. The van der Waals surface area contributed by atoms with Crippen LogP contribution >= 0.6 is 0 Å². The summed E-state index contributed by atoms with van der Waals surface area (Å²) in [6.07, 6.45) is 1.13. The minimum atomic E-state index is 0.543. The van der Waals surface area contributed by atoms with Crippen molar-refractivity contribution < 1.29 is 0 Å². The third kappa shape index (κ3) is 2.33. The quantitative estimate of drug-likeness (QED) is 0.847. The van der Waals surface area contributed by atoms with E-state index in [4.69, 9.17) is 11.0 Å². The molecule has 0 bridgehead atoms. The molecule has 0 aromatic heterocycles. The summed E-state index contributed by atoms with van der Waals surface area (Å²) in [5, 5.41) is 9.02. The van der Waals surface area contributed by atoms with E-state index in [1.54, 1.807) is 6.07 Å². The number of hydrogen-bond acceptors (Lipinski definition) is 3. The van der Waals surface area contributed by atoms with Gasteiger partial charge < -0.3 is 10.6 Å². The van der Waals surface area contributed by atoms with Gasteiger partial charge in [-0.25, -0.2) is 0 Å². The molecule has 1 fully saturated rings. The average Bonchev–Trinajstić information content (AvgIpc) is 2.98. The fourth-order valence-electron chi connectivity index (χ4n) is 2.86. The van der Waals surface area contributed by atoms with E-state index in [9.17, 15) is 0 Å². The number of nitriles is 1. The maximum absolute atomic E-state index is 9.02. The van der Waals surface area contributed by atoms with Crippen molar-refractivity contribution >= 4 is 11.4 Å². The van der Waals surface area contributed by atoms with E-state index < -0.39 is 0 Å². The average molecular weight is 263 g/mol. The van der Waals surface area contributed by atoms with Crippen LogP contribution in [0.2, 0.25) is 0 Å². The Bertz CT molecular complexity index is 643. The van der Waals surface area contributed by atoms with Gasteiger partial charge >= 0.3 is 0 Å². The van der Waals surface area contributed by atoms with E-state index >= 15 is 0 Å². The van der Waals surface area contributed by atoms with Crippen LogP contribution in [0.15, 0.2) is 48.5 Å². The summed E-state index contributed by atoms with van der Waals surface area (Å²) in [7, 11) is 0.